The molecule has 78 valence electrons. The van der Waals surface area contributed by atoms with E-state index in [-0.39, 0.29) is 5.91 Å². The summed E-state index contributed by atoms with van der Waals surface area (Å²) >= 11 is 0. The monoisotopic (exact) mass is 196 g/mol. The van der Waals surface area contributed by atoms with E-state index >= 15 is 0 Å². The minimum absolute atomic E-state index is 0.00690. The number of hydrogen-bond acceptors (Lipinski definition) is 3. The number of nitrogens with one attached hydrogen (secondary N) is 3. The number of hydrogen-bond donors (Lipinski definition) is 3. The van der Waals surface area contributed by atoms with Gasteiger partial charge in [-0.25, -0.2) is 0 Å². The van der Waals surface area contributed by atoms with E-state index in [1.165, 1.54) is 0 Å². The van der Waals surface area contributed by atoms with E-state index in [9.17, 15) is 4.79 Å². The van der Waals surface area contributed by atoms with Crippen LogP contribution in [-0.2, 0) is 11.3 Å². The second-order valence-electron chi connectivity index (χ2n) is 3.08. The predicted octanol–water partition coefficient (Wildman–Crippen LogP) is -0.0562. The highest BCUT2D eigenvalue weighted by molar-refractivity contribution is 5.77. The van der Waals surface area contributed by atoms with Gasteiger partial charge in [0.05, 0.1) is 12.7 Å². The van der Waals surface area contributed by atoms with Gasteiger partial charge in [0.2, 0.25) is 5.91 Å². The van der Waals surface area contributed by atoms with Gasteiger partial charge >= 0.3 is 0 Å². The van der Waals surface area contributed by atoms with Crippen LogP contribution >= 0.6 is 0 Å². The molecule has 0 saturated heterocycles. The molecule has 0 saturated carbocycles. The zero-order chi connectivity index (χ0) is 10.4. The van der Waals surface area contributed by atoms with Crippen LogP contribution in [0.2, 0.25) is 0 Å². The van der Waals surface area contributed by atoms with Crippen LogP contribution in [0.25, 0.3) is 0 Å². The first-order valence-corrected chi connectivity index (χ1v) is 4.70. The maximum atomic E-state index is 11.2. The Morgan fingerprint density at radius 2 is 2.43 bits per heavy atom. The van der Waals surface area contributed by atoms with Crippen molar-refractivity contribution >= 4 is 5.91 Å². The Labute approximate surface area is 83.3 Å². The minimum Gasteiger partial charge on any atom is -0.351 e. The van der Waals surface area contributed by atoms with E-state index < -0.39 is 0 Å². The van der Waals surface area contributed by atoms with Gasteiger partial charge in [0.1, 0.15) is 0 Å². The molecule has 14 heavy (non-hydrogen) atoms. The average molecular weight is 196 g/mol. The van der Waals surface area contributed by atoms with Crippen molar-refractivity contribution in [3.8, 4) is 0 Å². The first kappa shape index (κ1) is 10.7. The molecule has 1 heterocycles. The van der Waals surface area contributed by atoms with Crippen LogP contribution in [-0.4, -0.2) is 29.2 Å². The Morgan fingerprint density at radius 3 is 3.00 bits per heavy atom. The van der Waals surface area contributed by atoms with Crippen LogP contribution in [0.1, 0.15) is 18.2 Å². The van der Waals surface area contributed by atoms with Crippen LogP contribution in [0.3, 0.4) is 0 Å². The Morgan fingerprint density at radius 1 is 1.64 bits per heavy atom. The highest BCUT2D eigenvalue weighted by Gasteiger charge is 2.02. The van der Waals surface area contributed by atoms with Crippen LogP contribution in [0.5, 0.6) is 0 Å². The van der Waals surface area contributed by atoms with Gasteiger partial charge in [0.25, 0.3) is 0 Å². The van der Waals surface area contributed by atoms with E-state index in [0.29, 0.717) is 13.1 Å². The summed E-state index contributed by atoms with van der Waals surface area (Å²) in [6.07, 6.45) is 1.73. The van der Waals surface area contributed by atoms with Gasteiger partial charge < -0.3 is 10.6 Å². The quantitative estimate of drug-likeness (QED) is 0.618. The summed E-state index contributed by atoms with van der Waals surface area (Å²) in [6.45, 7) is 5.60. The summed E-state index contributed by atoms with van der Waals surface area (Å²) in [6, 6.07) is 0. The number of aromatic amines is 1. The molecule has 3 N–H and O–H groups in total. The third kappa shape index (κ3) is 3.18. The van der Waals surface area contributed by atoms with E-state index in [0.717, 1.165) is 17.8 Å². The third-order valence-electron chi connectivity index (χ3n) is 1.95. The maximum Gasteiger partial charge on any atom is 0.234 e. The Hall–Kier alpha value is -1.36. The van der Waals surface area contributed by atoms with Crippen molar-refractivity contribution in [2.45, 2.75) is 20.4 Å². The molecule has 0 aromatic carbocycles. The largest absolute Gasteiger partial charge is 0.351 e. The highest BCUT2D eigenvalue weighted by atomic mass is 16.1. The number of H-pyrrole nitrogens is 1. The van der Waals surface area contributed by atoms with Crippen molar-refractivity contribution in [3.63, 3.8) is 0 Å². The van der Waals surface area contributed by atoms with Crippen molar-refractivity contribution < 1.29 is 4.79 Å². The number of amides is 1. The van der Waals surface area contributed by atoms with E-state index in [1.807, 2.05) is 13.8 Å². The summed E-state index contributed by atoms with van der Waals surface area (Å²) in [4.78, 5) is 11.2. The molecular weight excluding hydrogens is 180 g/mol. The molecule has 0 aliphatic rings. The van der Waals surface area contributed by atoms with Crippen LogP contribution < -0.4 is 10.6 Å². The molecule has 0 aliphatic carbocycles. The van der Waals surface area contributed by atoms with Gasteiger partial charge in [-0.05, 0) is 13.5 Å². The third-order valence-corrected chi connectivity index (χ3v) is 1.95. The number of carbonyl (C=O) groups is 1. The fourth-order valence-corrected chi connectivity index (χ4v) is 1.05. The molecule has 0 unspecified atom stereocenters. The first-order valence-electron chi connectivity index (χ1n) is 4.70. The number of likely N-dealkylation sites (N-methyl/N-ethyl adjacent to an activating group) is 1. The van der Waals surface area contributed by atoms with Crippen LogP contribution in [0.4, 0.5) is 0 Å². The molecule has 0 bridgehead atoms. The predicted molar refractivity (Wildman–Crippen MR) is 53.7 cm³/mol. The molecule has 1 aromatic rings. The Kier molecular flexibility index (Phi) is 4.12. The SMILES string of the molecule is CCNCC(=O)NCc1cn[nH]c1C. The normalized spacial score (nSPS) is 10.1. The number of aryl methyl sites for hydroxylation is 1. The molecule has 1 rings (SSSR count). The average Bonchev–Trinajstić information content (AvgIpc) is 2.58. The van der Waals surface area contributed by atoms with Gasteiger partial charge in [0, 0.05) is 17.8 Å². The van der Waals surface area contributed by atoms with Crippen LogP contribution in [0, 0.1) is 6.92 Å². The molecule has 5 heteroatoms. The zero-order valence-corrected chi connectivity index (χ0v) is 8.55. The number of rotatable bonds is 5. The fraction of sp³-hybridized carbons (Fsp3) is 0.556. The second kappa shape index (κ2) is 5.39. The smallest absolute Gasteiger partial charge is 0.234 e. The van der Waals surface area contributed by atoms with E-state index in [1.54, 1.807) is 6.20 Å². The number of nitrogens with zero attached hydrogens (tertiary/aromatic N) is 1. The zero-order valence-electron chi connectivity index (χ0n) is 8.55. The molecule has 1 aromatic heterocycles. The summed E-state index contributed by atoms with van der Waals surface area (Å²) < 4.78 is 0. The van der Waals surface area contributed by atoms with Crippen molar-refractivity contribution in [1.29, 1.82) is 0 Å². The lowest BCUT2D eigenvalue weighted by atomic mass is 10.2. The number of carbonyl (C=O) groups excluding carboxylic acids is 1. The minimum atomic E-state index is 0.00690. The summed E-state index contributed by atoms with van der Waals surface area (Å²) in [5.41, 5.74) is 2.02. The summed E-state index contributed by atoms with van der Waals surface area (Å²) in [5, 5.41) is 12.4. The Bertz CT molecular complexity index is 295. The lowest BCUT2D eigenvalue weighted by Crippen LogP contribution is -2.33. The molecule has 0 aliphatic heterocycles. The van der Waals surface area contributed by atoms with Crippen molar-refractivity contribution in [2.75, 3.05) is 13.1 Å². The molecule has 1 amide bonds. The molecule has 0 radical (unpaired) electrons. The Balaban J connectivity index is 2.27. The van der Waals surface area contributed by atoms with Gasteiger partial charge in [-0.3, -0.25) is 9.89 Å². The topological polar surface area (TPSA) is 69.8 Å². The fourth-order valence-electron chi connectivity index (χ4n) is 1.05. The maximum absolute atomic E-state index is 11.2. The van der Waals surface area contributed by atoms with Gasteiger partial charge in [-0.2, -0.15) is 5.10 Å². The van der Waals surface area contributed by atoms with Gasteiger partial charge in [0.15, 0.2) is 0 Å². The molecule has 0 spiro atoms. The molecular formula is C9H16N4O. The standard InChI is InChI=1S/C9H16N4O/c1-3-10-6-9(14)11-4-8-5-12-13-7(8)2/h5,10H,3-4,6H2,1-2H3,(H,11,14)(H,12,13). The summed E-state index contributed by atoms with van der Waals surface area (Å²) in [5.74, 6) is 0.00690. The molecule has 5 nitrogen and oxygen atoms in total. The van der Waals surface area contributed by atoms with E-state index in [4.69, 9.17) is 0 Å². The van der Waals surface area contributed by atoms with Crippen LogP contribution in [0.15, 0.2) is 6.20 Å². The second-order valence-corrected chi connectivity index (χ2v) is 3.08. The molecule has 0 atom stereocenters. The van der Waals surface area contributed by atoms with Crippen molar-refractivity contribution in [3.05, 3.63) is 17.5 Å². The number of aromatic nitrogens is 2. The van der Waals surface area contributed by atoms with Gasteiger partial charge in [-0.1, -0.05) is 6.92 Å². The highest BCUT2D eigenvalue weighted by Crippen LogP contribution is 2.00. The van der Waals surface area contributed by atoms with Gasteiger partial charge in [-0.15, -0.1) is 0 Å². The first-order chi connectivity index (χ1) is 6.74. The lowest BCUT2D eigenvalue weighted by molar-refractivity contribution is -0.120. The summed E-state index contributed by atoms with van der Waals surface area (Å²) in [7, 11) is 0. The lowest BCUT2D eigenvalue weighted by Gasteiger charge is -2.04. The van der Waals surface area contributed by atoms with E-state index in [2.05, 4.69) is 20.8 Å². The van der Waals surface area contributed by atoms with Crippen molar-refractivity contribution in [2.24, 2.45) is 0 Å². The van der Waals surface area contributed by atoms with Crippen molar-refractivity contribution in [1.82, 2.24) is 20.8 Å². The molecule has 0 fully saturated rings.